The minimum atomic E-state index is -0.619. The van der Waals surface area contributed by atoms with E-state index in [0.717, 1.165) is 23.4 Å². The first kappa shape index (κ1) is 23.0. The summed E-state index contributed by atoms with van der Waals surface area (Å²) >= 11 is 1.32. The first-order chi connectivity index (χ1) is 17.0. The molecule has 0 saturated carbocycles. The van der Waals surface area contributed by atoms with Crippen molar-refractivity contribution in [1.29, 1.82) is 0 Å². The first-order valence-corrected chi connectivity index (χ1v) is 12.4. The number of primary amides is 1. The SMILES string of the molecule is Cn1c(SCC(=O)[N+]2(c3ccccc3-n3cccc3)CCC[C@H]2C(N)=O)nnc1-c1ccncc1. The van der Waals surface area contributed by atoms with Gasteiger partial charge in [-0.3, -0.25) is 9.78 Å². The number of carbonyl (C=O) groups is 2. The number of hydrogen-bond donors (Lipinski definition) is 1. The molecular formula is C25H26N7O2S+. The maximum atomic E-state index is 14.0. The van der Waals surface area contributed by atoms with Gasteiger partial charge in [0.15, 0.2) is 22.7 Å². The molecule has 4 heterocycles. The number of carbonyl (C=O) groups excluding carboxylic acids is 2. The van der Waals surface area contributed by atoms with Crippen LogP contribution in [0.4, 0.5) is 5.69 Å². The lowest BCUT2D eigenvalue weighted by molar-refractivity contribution is -0.134. The molecule has 9 nitrogen and oxygen atoms in total. The van der Waals surface area contributed by atoms with E-state index < -0.39 is 11.9 Å². The molecule has 1 unspecified atom stereocenters. The number of rotatable bonds is 7. The second kappa shape index (κ2) is 9.47. The number of benzene rings is 1. The Morgan fingerprint density at radius 1 is 1.09 bits per heavy atom. The number of para-hydroxylation sites is 2. The zero-order valence-electron chi connectivity index (χ0n) is 19.3. The summed E-state index contributed by atoms with van der Waals surface area (Å²) in [5.74, 6) is 0.290. The Morgan fingerprint density at radius 2 is 1.83 bits per heavy atom. The molecule has 0 bridgehead atoms. The van der Waals surface area contributed by atoms with Gasteiger partial charge in [-0.1, -0.05) is 23.9 Å². The fourth-order valence-electron chi connectivity index (χ4n) is 4.94. The number of likely N-dealkylation sites (tertiary alicyclic amines) is 1. The monoisotopic (exact) mass is 488 g/mol. The van der Waals surface area contributed by atoms with Crippen LogP contribution in [0.5, 0.6) is 0 Å². The van der Waals surface area contributed by atoms with Gasteiger partial charge in [-0.2, -0.15) is 0 Å². The van der Waals surface area contributed by atoms with Gasteiger partial charge in [0.1, 0.15) is 11.4 Å². The van der Waals surface area contributed by atoms with Crippen LogP contribution in [0.25, 0.3) is 17.1 Å². The molecule has 10 heteroatoms. The van der Waals surface area contributed by atoms with E-state index in [-0.39, 0.29) is 16.1 Å². The van der Waals surface area contributed by atoms with Gasteiger partial charge in [0.25, 0.3) is 5.91 Å². The lowest BCUT2D eigenvalue weighted by Crippen LogP contribution is -2.62. The second-order valence-electron chi connectivity index (χ2n) is 8.52. The van der Waals surface area contributed by atoms with E-state index in [4.69, 9.17) is 5.73 Å². The topological polar surface area (TPSA) is 109 Å². The second-order valence-corrected chi connectivity index (χ2v) is 9.46. The minimum absolute atomic E-state index is 0.0793. The predicted octanol–water partition coefficient (Wildman–Crippen LogP) is 2.94. The summed E-state index contributed by atoms with van der Waals surface area (Å²) in [5.41, 5.74) is 8.41. The molecule has 0 spiro atoms. The van der Waals surface area contributed by atoms with E-state index in [1.54, 1.807) is 12.4 Å². The maximum Gasteiger partial charge on any atom is 0.329 e. The smallest absolute Gasteiger partial charge is 0.329 e. The van der Waals surface area contributed by atoms with E-state index in [0.29, 0.717) is 23.9 Å². The van der Waals surface area contributed by atoms with Crippen molar-refractivity contribution in [2.24, 2.45) is 12.8 Å². The van der Waals surface area contributed by atoms with Crippen LogP contribution in [0.3, 0.4) is 0 Å². The van der Waals surface area contributed by atoms with E-state index in [2.05, 4.69) is 15.2 Å². The zero-order chi connectivity index (χ0) is 24.4. The Kier molecular flexibility index (Phi) is 6.23. The lowest BCUT2D eigenvalue weighted by Gasteiger charge is -2.36. The molecule has 2 atom stereocenters. The van der Waals surface area contributed by atoms with Gasteiger partial charge >= 0.3 is 5.91 Å². The largest absolute Gasteiger partial charge is 0.364 e. The fraction of sp³-hybridized carbons (Fsp3) is 0.240. The van der Waals surface area contributed by atoms with Crippen molar-refractivity contribution in [2.45, 2.75) is 24.0 Å². The number of nitrogens with zero attached hydrogens (tertiary/aromatic N) is 6. The Hall–Kier alpha value is -3.76. The molecule has 1 aromatic carbocycles. The van der Waals surface area contributed by atoms with E-state index >= 15 is 0 Å². The molecule has 2 amide bonds. The molecule has 178 valence electrons. The van der Waals surface area contributed by atoms with Crippen molar-refractivity contribution >= 4 is 29.3 Å². The molecule has 0 radical (unpaired) electrons. The molecule has 1 saturated heterocycles. The van der Waals surface area contributed by atoms with Gasteiger partial charge < -0.3 is 14.9 Å². The molecule has 5 rings (SSSR count). The van der Waals surface area contributed by atoms with Crippen LogP contribution in [-0.4, -0.2) is 54.5 Å². The van der Waals surface area contributed by atoms with Crippen molar-refractivity contribution in [3.8, 4) is 17.1 Å². The van der Waals surface area contributed by atoms with E-state index in [1.165, 1.54) is 11.8 Å². The number of amides is 2. The third kappa shape index (κ3) is 4.04. The van der Waals surface area contributed by atoms with Crippen LogP contribution in [-0.2, 0) is 16.6 Å². The van der Waals surface area contributed by atoms with Crippen LogP contribution in [0.15, 0.2) is 78.5 Å². The predicted molar refractivity (Wildman–Crippen MR) is 135 cm³/mol. The number of nitrogens with two attached hydrogens (primary N) is 1. The van der Waals surface area contributed by atoms with Crippen molar-refractivity contribution in [2.75, 3.05) is 12.3 Å². The highest BCUT2D eigenvalue weighted by atomic mass is 32.2. The highest BCUT2D eigenvalue weighted by Crippen LogP contribution is 2.40. The Balaban J connectivity index is 1.49. The van der Waals surface area contributed by atoms with Crippen LogP contribution in [0.2, 0.25) is 0 Å². The fourth-order valence-corrected chi connectivity index (χ4v) is 5.80. The molecule has 4 aromatic rings. The van der Waals surface area contributed by atoms with Crippen LogP contribution in [0.1, 0.15) is 12.8 Å². The van der Waals surface area contributed by atoms with Crippen molar-refractivity contribution in [1.82, 2.24) is 28.8 Å². The standard InChI is InChI=1S/C25H25N7O2S/c1-30-24(18-10-12-27-13-11-18)28-29-25(30)35-17-22(33)32(16-6-9-21(32)23(26)34)20-8-3-2-7-19(20)31-14-4-5-15-31/h2-5,7-8,10-15,21H,6,9,16-17H2,1H3,(H-,26,34)/p+1/t21-,32?/m0/s1. The molecule has 3 aromatic heterocycles. The third-order valence-corrected chi connectivity index (χ3v) is 7.59. The number of thioether (sulfide) groups is 1. The van der Waals surface area contributed by atoms with Gasteiger partial charge in [0.05, 0.1) is 6.54 Å². The average Bonchev–Trinajstić information content (AvgIpc) is 3.64. The molecule has 1 fully saturated rings. The van der Waals surface area contributed by atoms with Gasteiger partial charge in [-0.05, 0) is 30.3 Å². The molecule has 35 heavy (non-hydrogen) atoms. The lowest BCUT2D eigenvalue weighted by atomic mass is 10.1. The van der Waals surface area contributed by atoms with Gasteiger partial charge in [-0.15, -0.1) is 10.2 Å². The van der Waals surface area contributed by atoms with E-state index in [9.17, 15) is 9.59 Å². The Bertz CT molecular complexity index is 1350. The van der Waals surface area contributed by atoms with Gasteiger partial charge in [0, 0.05) is 56.3 Å². The molecule has 2 N–H and O–H groups in total. The molecule has 1 aliphatic heterocycles. The van der Waals surface area contributed by atoms with E-state index in [1.807, 2.05) is 77.1 Å². The summed E-state index contributed by atoms with van der Waals surface area (Å²) in [6.45, 7) is 0.520. The van der Waals surface area contributed by atoms with Crippen LogP contribution in [0, 0.1) is 0 Å². The molecule has 1 aliphatic rings. The van der Waals surface area contributed by atoms with Crippen LogP contribution >= 0.6 is 11.8 Å². The third-order valence-electron chi connectivity index (χ3n) is 6.59. The first-order valence-electron chi connectivity index (χ1n) is 11.4. The zero-order valence-corrected chi connectivity index (χ0v) is 20.1. The highest BCUT2D eigenvalue weighted by molar-refractivity contribution is 7.99. The summed E-state index contributed by atoms with van der Waals surface area (Å²) in [5, 5.41) is 9.22. The summed E-state index contributed by atoms with van der Waals surface area (Å²) in [6, 6.07) is 14.7. The number of quaternary nitrogens is 1. The molecular weight excluding hydrogens is 462 g/mol. The number of hydrogen-bond acceptors (Lipinski definition) is 6. The summed E-state index contributed by atoms with van der Waals surface area (Å²) in [7, 11) is 1.87. The average molecular weight is 489 g/mol. The summed E-state index contributed by atoms with van der Waals surface area (Å²) in [6.07, 6.45) is 8.58. The Labute approximate surface area is 207 Å². The quantitative estimate of drug-likeness (QED) is 0.317. The maximum absolute atomic E-state index is 14.0. The number of aromatic nitrogens is 5. The summed E-state index contributed by atoms with van der Waals surface area (Å²) < 4.78 is 3.74. The highest BCUT2D eigenvalue weighted by Gasteiger charge is 2.53. The summed E-state index contributed by atoms with van der Waals surface area (Å²) in [4.78, 5) is 30.7. The van der Waals surface area contributed by atoms with Crippen molar-refractivity contribution in [3.63, 3.8) is 0 Å². The normalized spacial score (nSPS) is 19.6. The molecule has 0 aliphatic carbocycles. The van der Waals surface area contributed by atoms with Crippen LogP contribution < -0.4 is 10.2 Å². The van der Waals surface area contributed by atoms with Gasteiger partial charge in [-0.25, -0.2) is 9.28 Å². The van der Waals surface area contributed by atoms with Gasteiger partial charge in [0.2, 0.25) is 0 Å². The minimum Gasteiger partial charge on any atom is -0.364 e. The number of pyridine rings is 1. The van der Waals surface area contributed by atoms with Crippen molar-refractivity contribution < 1.29 is 9.59 Å². The van der Waals surface area contributed by atoms with Crippen molar-refractivity contribution in [3.05, 3.63) is 73.3 Å². The Morgan fingerprint density at radius 3 is 2.57 bits per heavy atom.